The van der Waals surface area contributed by atoms with Gasteiger partial charge in [-0.05, 0) is 50.9 Å². The maximum absolute atomic E-state index is 9.58. The summed E-state index contributed by atoms with van der Waals surface area (Å²) >= 11 is 0. The van der Waals surface area contributed by atoms with Crippen LogP contribution in [0.15, 0.2) is 23.8 Å². The van der Waals surface area contributed by atoms with E-state index >= 15 is 0 Å². The zero-order valence-corrected chi connectivity index (χ0v) is 12.4. The standard InChI is InChI=1S/C14H21BN2O3/c1-13(2)14(3,4)20-15(19-13)11(9-18)7-10-5-6-17-12(16)8-10/h5-8,18H,9H2,1-4H3,(H2,16,17). The highest BCUT2D eigenvalue weighted by Gasteiger charge is 2.52. The molecule has 20 heavy (non-hydrogen) atoms. The topological polar surface area (TPSA) is 77.6 Å². The number of anilines is 1. The molecule has 3 N–H and O–H groups in total. The molecule has 0 aliphatic carbocycles. The number of pyridine rings is 1. The lowest BCUT2D eigenvalue weighted by Gasteiger charge is -2.32. The van der Waals surface area contributed by atoms with E-state index in [1.807, 2.05) is 39.8 Å². The van der Waals surface area contributed by atoms with Crippen LogP contribution in [0.25, 0.3) is 6.08 Å². The van der Waals surface area contributed by atoms with Gasteiger partial charge in [-0.25, -0.2) is 4.98 Å². The molecule has 0 unspecified atom stereocenters. The number of nitrogen functional groups attached to an aromatic ring is 1. The van der Waals surface area contributed by atoms with Crippen molar-refractivity contribution in [2.75, 3.05) is 12.3 Å². The second-order valence-corrected chi connectivity index (χ2v) is 5.98. The van der Waals surface area contributed by atoms with Crippen LogP contribution in [0, 0.1) is 0 Å². The Balaban J connectivity index is 2.26. The monoisotopic (exact) mass is 276 g/mol. The van der Waals surface area contributed by atoms with E-state index in [1.54, 1.807) is 12.3 Å². The Kier molecular flexibility index (Phi) is 3.91. The summed E-state index contributed by atoms with van der Waals surface area (Å²) in [6.45, 7) is 7.77. The number of aromatic nitrogens is 1. The maximum Gasteiger partial charge on any atom is 0.492 e. The van der Waals surface area contributed by atoms with Crippen molar-refractivity contribution in [2.24, 2.45) is 0 Å². The molecule has 0 radical (unpaired) electrons. The molecule has 1 aliphatic heterocycles. The average Bonchev–Trinajstić information content (AvgIpc) is 2.55. The normalized spacial score (nSPS) is 21.2. The van der Waals surface area contributed by atoms with Crippen LogP contribution < -0.4 is 5.73 Å². The molecule has 1 saturated heterocycles. The summed E-state index contributed by atoms with van der Waals surface area (Å²) in [5.41, 5.74) is 6.31. The highest BCUT2D eigenvalue weighted by atomic mass is 16.7. The summed E-state index contributed by atoms with van der Waals surface area (Å²) in [7, 11) is -0.556. The molecular formula is C14H21BN2O3. The smallest absolute Gasteiger partial charge is 0.400 e. The van der Waals surface area contributed by atoms with Crippen LogP contribution in [-0.4, -0.2) is 35.0 Å². The van der Waals surface area contributed by atoms with Crippen molar-refractivity contribution in [3.8, 4) is 0 Å². The van der Waals surface area contributed by atoms with Crippen molar-refractivity contribution in [3.63, 3.8) is 0 Å². The summed E-state index contributed by atoms with van der Waals surface area (Å²) in [6.07, 6.45) is 3.45. The molecule has 2 heterocycles. The first-order valence-electron chi connectivity index (χ1n) is 6.64. The van der Waals surface area contributed by atoms with Gasteiger partial charge < -0.3 is 20.1 Å². The Morgan fingerprint density at radius 1 is 1.35 bits per heavy atom. The summed E-state index contributed by atoms with van der Waals surface area (Å²) in [4.78, 5) is 3.94. The Morgan fingerprint density at radius 3 is 2.45 bits per heavy atom. The maximum atomic E-state index is 9.58. The predicted molar refractivity (Wildman–Crippen MR) is 79.8 cm³/mol. The minimum atomic E-state index is -0.556. The lowest BCUT2D eigenvalue weighted by molar-refractivity contribution is 0.00578. The number of hydrogen-bond donors (Lipinski definition) is 2. The number of rotatable bonds is 3. The van der Waals surface area contributed by atoms with E-state index in [2.05, 4.69) is 4.98 Å². The van der Waals surface area contributed by atoms with Crippen molar-refractivity contribution < 1.29 is 14.4 Å². The lowest BCUT2D eigenvalue weighted by atomic mass is 9.77. The van der Waals surface area contributed by atoms with Crippen LogP contribution in [-0.2, 0) is 9.31 Å². The summed E-state index contributed by atoms with van der Waals surface area (Å²) in [6, 6.07) is 3.55. The van der Waals surface area contributed by atoms with Crippen molar-refractivity contribution in [2.45, 2.75) is 38.9 Å². The third-order valence-corrected chi connectivity index (χ3v) is 3.90. The largest absolute Gasteiger partial charge is 0.492 e. The third kappa shape index (κ3) is 2.87. The second kappa shape index (κ2) is 5.20. The van der Waals surface area contributed by atoms with Crippen molar-refractivity contribution in [1.29, 1.82) is 0 Å². The van der Waals surface area contributed by atoms with Gasteiger partial charge in [-0.15, -0.1) is 0 Å². The van der Waals surface area contributed by atoms with Crippen LogP contribution in [0.5, 0.6) is 0 Å². The van der Waals surface area contributed by atoms with Gasteiger partial charge in [0.05, 0.1) is 17.8 Å². The summed E-state index contributed by atoms with van der Waals surface area (Å²) < 4.78 is 11.8. The van der Waals surface area contributed by atoms with Crippen LogP contribution in [0.4, 0.5) is 5.82 Å². The van der Waals surface area contributed by atoms with Crippen molar-refractivity contribution in [1.82, 2.24) is 4.98 Å². The fourth-order valence-corrected chi connectivity index (χ4v) is 1.95. The minimum absolute atomic E-state index is 0.140. The van der Waals surface area contributed by atoms with Gasteiger partial charge in [-0.3, -0.25) is 0 Å². The summed E-state index contributed by atoms with van der Waals surface area (Å²) in [5, 5.41) is 9.58. The fraction of sp³-hybridized carbons (Fsp3) is 0.500. The first-order valence-corrected chi connectivity index (χ1v) is 6.64. The number of nitrogens with zero attached hydrogens (tertiary/aromatic N) is 1. The van der Waals surface area contributed by atoms with Crippen LogP contribution >= 0.6 is 0 Å². The van der Waals surface area contributed by atoms with Gasteiger partial charge in [0.2, 0.25) is 0 Å². The number of hydrogen-bond acceptors (Lipinski definition) is 5. The molecular weight excluding hydrogens is 255 g/mol. The Morgan fingerprint density at radius 2 is 1.95 bits per heavy atom. The van der Waals surface area contributed by atoms with Crippen LogP contribution in [0.2, 0.25) is 0 Å². The van der Waals surface area contributed by atoms with Crippen LogP contribution in [0.1, 0.15) is 33.3 Å². The summed E-state index contributed by atoms with van der Waals surface area (Å²) in [5.74, 6) is 0.435. The fourth-order valence-electron chi connectivity index (χ4n) is 1.95. The molecule has 0 spiro atoms. The third-order valence-electron chi connectivity index (χ3n) is 3.90. The molecule has 0 saturated carbocycles. The highest BCUT2D eigenvalue weighted by molar-refractivity contribution is 6.55. The lowest BCUT2D eigenvalue weighted by Crippen LogP contribution is -2.41. The number of nitrogens with two attached hydrogens (primary N) is 1. The Bertz CT molecular complexity index is 513. The van der Waals surface area contributed by atoms with E-state index in [0.29, 0.717) is 11.3 Å². The van der Waals surface area contributed by atoms with Crippen molar-refractivity contribution >= 4 is 19.0 Å². The van der Waals surface area contributed by atoms with E-state index in [4.69, 9.17) is 15.0 Å². The molecule has 1 aromatic rings. The molecule has 0 atom stereocenters. The Labute approximate surface area is 119 Å². The zero-order chi connectivity index (χ0) is 15.0. The quantitative estimate of drug-likeness (QED) is 0.821. The van der Waals surface area contributed by atoms with Crippen LogP contribution in [0.3, 0.4) is 0 Å². The molecule has 0 bridgehead atoms. The second-order valence-electron chi connectivity index (χ2n) is 5.98. The molecule has 1 aliphatic rings. The van der Waals surface area contributed by atoms with Gasteiger partial charge in [0, 0.05) is 6.20 Å². The SMILES string of the molecule is CC1(C)OB(C(=Cc2ccnc(N)c2)CO)OC1(C)C. The molecule has 108 valence electrons. The minimum Gasteiger partial charge on any atom is -0.400 e. The first kappa shape index (κ1) is 15.0. The van der Waals surface area contributed by atoms with E-state index in [1.165, 1.54) is 0 Å². The van der Waals surface area contributed by atoms with E-state index in [9.17, 15) is 5.11 Å². The number of aliphatic hydroxyl groups excluding tert-OH is 1. The molecule has 6 heteroatoms. The van der Waals surface area contributed by atoms with E-state index < -0.39 is 18.3 Å². The molecule has 0 aromatic carbocycles. The van der Waals surface area contributed by atoms with Gasteiger partial charge in [-0.2, -0.15) is 0 Å². The van der Waals surface area contributed by atoms with Gasteiger partial charge in [-0.1, -0.05) is 6.08 Å². The van der Waals surface area contributed by atoms with E-state index in [0.717, 1.165) is 5.56 Å². The highest BCUT2D eigenvalue weighted by Crippen LogP contribution is 2.38. The predicted octanol–water partition coefficient (Wildman–Crippen LogP) is 1.67. The Hall–Kier alpha value is -1.37. The zero-order valence-electron chi connectivity index (χ0n) is 12.4. The van der Waals surface area contributed by atoms with Crippen molar-refractivity contribution in [3.05, 3.63) is 29.4 Å². The molecule has 0 amide bonds. The molecule has 1 aromatic heterocycles. The molecule has 1 fully saturated rings. The molecule has 2 rings (SSSR count). The first-order chi connectivity index (χ1) is 9.25. The molecule has 5 nitrogen and oxygen atoms in total. The van der Waals surface area contributed by atoms with Gasteiger partial charge >= 0.3 is 7.12 Å². The van der Waals surface area contributed by atoms with E-state index in [-0.39, 0.29) is 6.61 Å². The van der Waals surface area contributed by atoms with Gasteiger partial charge in [0.25, 0.3) is 0 Å². The van der Waals surface area contributed by atoms with Gasteiger partial charge in [0.1, 0.15) is 5.82 Å². The average molecular weight is 276 g/mol. The number of aliphatic hydroxyl groups is 1. The van der Waals surface area contributed by atoms with Gasteiger partial charge in [0.15, 0.2) is 0 Å².